The Balaban J connectivity index is 0.000000161. The lowest BCUT2D eigenvalue weighted by Crippen LogP contribution is -2.18. The van der Waals surface area contributed by atoms with Gasteiger partial charge in [0, 0.05) is 34.4 Å². The van der Waals surface area contributed by atoms with Crippen molar-refractivity contribution in [1.82, 2.24) is 20.0 Å². The molecule has 0 saturated carbocycles. The van der Waals surface area contributed by atoms with Gasteiger partial charge in [0.2, 0.25) is 0 Å². The average Bonchev–Trinajstić information content (AvgIpc) is 4.06. The van der Waals surface area contributed by atoms with Crippen LogP contribution in [0.15, 0.2) is 84.9 Å². The van der Waals surface area contributed by atoms with Crippen molar-refractivity contribution in [1.29, 1.82) is 0 Å². The number of H-pyrrole nitrogens is 1. The molecule has 0 amide bonds. The summed E-state index contributed by atoms with van der Waals surface area (Å²) in [6.07, 6.45) is 7.80. The van der Waals surface area contributed by atoms with Gasteiger partial charge in [-0.25, -0.2) is 9.48 Å². The molecule has 0 spiro atoms. The molecule has 2 aromatic carbocycles. The van der Waals surface area contributed by atoms with Crippen LogP contribution in [0.5, 0.6) is 5.75 Å². The van der Waals surface area contributed by atoms with Crippen LogP contribution in [0.2, 0.25) is 8.67 Å². The second kappa shape index (κ2) is 20.2. The monoisotopic (exact) mass is 834 g/mol. The summed E-state index contributed by atoms with van der Waals surface area (Å²) in [6.45, 7) is 3.38. The number of aromatic amines is 1. The van der Waals surface area contributed by atoms with Crippen molar-refractivity contribution in [3.8, 4) is 5.75 Å². The van der Waals surface area contributed by atoms with Crippen molar-refractivity contribution in [2.24, 2.45) is 0 Å². The van der Waals surface area contributed by atoms with Gasteiger partial charge in [-0.2, -0.15) is 10.2 Å². The molecule has 0 radical (unpaired) electrons. The van der Waals surface area contributed by atoms with Crippen LogP contribution in [-0.4, -0.2) is 57.3 Å². The van der Waals surface area contributed by atoms with Gasteiger partial charge in [-0.15, -0.1) is 22.7 Å². The zero-order valence-electron chi connectivity index (χ0n) is 31.2. The van der Waals surface area contributed by atoms with Gasteiger partial charge in [0.15, 0.2) is 0 Å². The number of nitrogens with zero attached hydrogens (tertiary/aromatic N) is 3. The Labute approximate surface area is 344 Å². The molecule has 14 heteroatoms. The molecule has 2 aliphatic heterocycles. The van der Waals surface area contributed by atoms with E-state index in [0.717, 1.165) is 89.5 Å². The van der Waals surface area contributed by atoms with Crippen LogP contribution in [0.4, 0.5) is 0 Å². The Bertz CT molecular complexity index is 2200. The van der Waals surface area contributed by atoms with Gasteiger partial charge in [0.05, 0.1) is 38.3 Å². The molecule has 0 bridgehead atoms. The van der Waals surface area contributed by atoms with E-state index in [9.17, 15) is 9.59 Å². The van der Waals surface area contributed by atoms with E-state index in [4.69, 9.17) is 42.5 Å². The SMILES string of the molecule is COc1ccccc1C(=O)n1nc(C2CCCO2)cc1CCc1ccc(Cl)s1.Cc1ccccc1C(=O)O.Clc1ccc(CCc2cc(C3CCCO3)n[nH]2)s1. The molecule has 6 heterocycles. The predicted octanol–water partition coefficient (Wildman–Crippen LogP) is 10.4. The standard InChI is InChI=1S/C21H21ClN2O3S.C13H15ClN2OS.C8H8O2/c1-26-18-6-3-2-5-16(18)21(25)24-14(8-9-15-10-11-20(22)28-15)13-17(23-24)19-7-4-12-27-19;14-13-6-5-10(18-13)4-3-9-8-11(16-15-9)12-2-1-7-17-12;1-6-4-2-3-5-7(6)8(9)10/h2-3,5-6,10-11,13,19H,4,7-9,12H2,1H3;5-6,8,12H,1-4,7H2,(H,15,16);2-5H,1H3,(H,9,10). The lowest BCUT2D eigenvalue weighted by Gasteiger charge is -2.09. The summed E-state index contributed by atoms with van der Waals surface area (Å²) in [6, 6.07) is 26.2. The van der Waals surface area contributed by atoms with Crippen molar-refractivity contribution < 1.29 is 28.9 Å². The average molecular weight is 836 g/mol. The van der Waals surface area contributed by atoms with Crippen molar-refractivity contribution in [3.63, 3.8) is 0 Å². The second-order valence-electron chi connectivity index (χ2n) is 13.3. The first-order valence-electron chi connectivity index (χ1n) is 18.5. The third kappa shape index (κ3) is 11.2. The Hall–Kier alpha value is -4.30. The number of methoxy groups -OCH3 is 1. The minimum absolute atomic E-state index is 0.0401. The van der Waals surface area contributed by atoms with Gasteiger partial charge in [0.25, 0.3) is 5.91 Å². The molecule has 2 unspecified atom stereocenters. The van der Waals surface area contributed by atoms with E-state index in [0.29, 0.717) is 23.3 Å². The van der Waals surface area contributed by atoms with Crippen molar-refractivity contribution in [2.45, 2.75) is 70.5 Å². The maximum absolute atomic E-state index is 13.3. The number of aromatic nitrogens is 4. The number of carbonyl (C=O) groups is 2. The van der Waals surface area contributed by atoms with Gasteiger partial charge in [-0.3, -0.25) is 9.89 Å². The molecule has 0 aliphatic carbocycles. The molecular weight excluding hydrogens is 792 g/mol. The molecule has 4 aromatic heterocycles. The molecule has 10 nitrogen and oxygen atoms in total. The Morgan fingerprint density at radius 1 is 0.821 bits per heavy atom. The van der Waals surface area contributed by atoms with E-state index < -0.39 is 5.97 Å². The van der Waals surface area contributed by atoms with E-state index in [1.165, 1.54) is 20.1 Å². The fourth-order valence-corrected chi connectivity index (χ4v) is 8.65. The summed E-state index contributed by atoms with van der Waals surface area (Å²) in [4.78, 5) is 26.2. The summed E-state index contributed by atoms with van der Waals surface area (Å²) < 4.78 is 19.9. The highest BCUT2D eigenvalue weighted by Crippen LogP contribution is 2.31. The molecule has 2 atom stereocenters. The summed E-state index contributed by atoms with van der Waals surface area (Å²) in [5.74, 6) is -0.517. The first-order chi connectivity index (χ1) is 27.2. The van der Waals surface area contributed by atoms with E-state index in [2.05, 4.69) is 27.4 Å². The van der Waals surface area contributed by atoms with Gasteiger partial charge in [-0.05, 0) is 118 Å². The summed E-state index contributed by atoms with van der Waals surface area (Å²) in [5.41, 5.74) is 5.58. The first-order valence-corrected chi connectivity index (χ1v) is 20.9. The van der Waals surface area contributed by atoms with Crippen LogP contribution in [0.3, 0.4) is 0 Å². The van der Waals surface area contributed by atoms with E-state index >= 15 is 0 Å². The number of carboxylic acid groups (broad SMARTS) is 1. The van der Waals surface area contributed by atoms with E-state index in [-0.39, 0.29) is 18.1 Å². The number of ether oxygens (including phenoxy) is 3. The van der Waals surface area contributed by atoms with Gasteiger partial charge in [0.1, 0.15) is 18.0 Å². The van der Waals surface area contributed by atoms with Crippen LogP contribution in [0.1, 0.15) is 96.7 Å². The number of thiophene rings is 2. The van der Waals surface area contributed by atoms with Gasteiger partial charge >= 0.3 is 5.97 Å². The number of halogens is 2. The van der Waals surface area contributed by atoms with Gasteiger partial charge < -0.3 is 19.3 Å². The molecule has 56 heavy (non-hydrogen) atoms. The topological polar surface area (TPSA) is 129 Å². The summed E-state index contributed by atoms with van der Waals surface area (Å²) >= 11 is 15.2. The summed E-state index contributed by atoms with van der Waals surface area (Å²) in [7, 11) is 1.56. The fraction of sp³-hybridized carbons (Fsp3) is 0.333. The maximum Gasteiger partial charge on any atom is 0.335 e. The number of carboxylic acids is 1. The number of hydrogen-bond acceptors (Lipinski definition) is 9. The summed E-state index contributed by atoms with van der Waals surface area (Å²) in [5, 5.41) is 20.6. The van der Waals surface area contributed by atoms with Crippen molar-refractivity contribution in [3.05, 3.63) is 143 Å². The maximum atomic E-state index is 13.3. The molecule has 294 valence electrons. The molecular formula is C42H44Cl2N4O6S2. The quantitative estimate of drug-likeness (QED) is 0.132. The van der Waals surface area contributed by atoms with Crippen LogP contribution in [0.25, 0.3) is 0 Å². The number of aromatic carboxylic acids is 1. The molecule has 2 aliphatic rings. The number of carbonyl (C=O) groups excluding carboxylic acids is 1. The lowest BCUT2D eigenvalue weighted by atomic mass is 10.1. The van der Waals surface area contributed by atoms with Crippen LogP contribution >= 0.6 is 45.9 Å². The Morgan fingerprint density at radius 3 is 1.98 bits per heavy atom. The lowest BCUT2D eigenvalue weighted by molar-refractivity contribution is 0.0695. The minimum atomic E-state index is -0.863. The highest BCUT2D eigenvalue weighted by atomic mass is 35.5. The van der Waals surface area contributed by atoms with Crippen molar-refractivity contribution >= 4 is 57.8 Å². The molecule has 8 rings (SSSR count). The Morgan fingerprint density at radius 2 is 1.43 bits per heavy atom. The van der Waals surface area contributed by atoms with E-state index in [1.807, 2.05) is 42.5 Å². The highest BCUT2D eigenvalue weighted by Gasteiger charge is 2.26. The number of benzene rings is 2. The molecule has 6 aromatic rings. The Kier molecular flexibility index (Phi) is 14.9. The third-order valence-corrected chi connectivity index (χ3v) is 12.0. The predicted molar refractivity (Wildman–Crippen MR) is 221 cm³/mol. The van der Waals surface area contributed by atoms with Gasteiger partial charge in [-0.1, -0.05) is 53.5 Å². The molecule has 2 fully saturated rings. The first kappa shape index (κ1) is 41.3. The third-order valence-electron chi connectivity index (χ3n) is 9.40. The number of para-hydroxylation sites is 1. The fourth-order valence-electron chi connectivity index (χ4n) is 6.48. The largest absolute Gasteiger partial charge is 0.496 e. The second-order valence-corrected chi connectivity index (χ2v) is 16.9. The molecule has 2 saturated heterocycles. The smallest absolute Gasteiger partial charge is 0.335 e. The highest BCUT2D eigenvalue weighted by molar-refractivity contribution is 7.16. The number of nitrogens with one attached hydrogen (secondary N) is 1. The number of hydrogen-bond donors (Lipinski definition) is 2. The van der Waals surface area contributed by atoms with Crippen LogP contribution in [0, 0.1) is 6.92 Å². The minimum Gasteiger partial charge on any atom is -0.496 e. The van der Waals surface area contributed by atoms with Crippen molar-refractivity contribution in [2.75, 3.05) is 20.3 Å². The molecule has 2 N–H and O–H groups in total. The normalized spacial score (nSPS) is 16.1. The van der Waals surface area contributed by atoms with E-state index in [1.54, 1.807) is 67.0 Å². The number of rotatable bonds is 11. The zero-order chi connectivity index (χ0) is 39.4. The van der Waals surface area contributed by atoms with Crippen LogP contribution < -0.4 is 4.74 Å². The number of aryl methyl sites for hydroxylation is 5. The van der Waals surface area contributed by atoms with Crippen LogP contribution in [-0.2, 0) is 35.2 Å². The zero-order valence-corrected chi connectivity index (χ0v) is 34.4.